The van der Waals surface area contributed by atoms with E-state index in [1.807, 2.05) is 0 Å². The monoisotopic (exact) mass is 1110 g/mol. The van der Waals surface area contributed by atoms with Crippen molar-refractivity contribution in [3.63, 3.8) is 0 Å². The number of nitrogens with zero attached hydrogens (tertiary/aromatic N) is 4. The fourth-order valence-electron chi connectivity index (χ4n) is 15.8. The lowest BCUT2D eigenvalue weighted by molar-refractivity contribution is 1.16. The number of fused-ring (bicyclic) bond motifs is 26. The van der Waals surface area contributed by atoms with Crippen LogP contribution in [0.5, 0.6) is 0 Å². The number of benzene rings is 15. The highest BCUT2D eigenvalue weighted by Gasteiger charge is 2.27. The van der Waals surface area contributed by atoms with Gasteiger partial charge in [-0.05, 0) is 186 Å². The molecular weight excluding hydrogens is 1060 g/mol. The minimum absolute atomic E-state index is 1.11. The molecule has 15 aromatic carbocycles. The minimum Gasteiger partial charge on any atom is -0.309 e. The fraction of sp³-hybridized carbons (Fsp3) is 0. The fourth-order valence-corrected chi connectivity index (χ4v) is 15.8. The lowest BCUT2D eigenvalue weighted by Crippen LogP contribution is -2.02. The quantitative estimate of drug-likeness (QED) is 0.157. The van der Waals surface area contributed by atoms with Gasteiger partial charge in [0.15, 0.2) is 0 Å². The van der Waals surface area contributed by atoms with Crippen LogP contribution < -0.4 is 0 Å². The van der Waals surface area contributed by atoms with E-state index in [-0.39, 0.29) is 0 Å². The molecule has 20 rings (SSSR count). The van der Waals surface area contributed by atoms with Gasteiger partial charge >= 0.3 is 0 Å². The molecule has 406 valence electrons. The number of para-hydroxylation sites is 6. The second-order valence-corrected chi connectivity index (χ2v) is 23.9. The van der Waals surface area contributed by atoms with E-state index >= 15 is 0 Å². The largest absolute Gasteiger partial charge is 0.309 e. The van der Waals surface area contributed by atoms with Crippen molar-refractivity contribution in [3.8, 4) is 67.3 Å². The third kappa shape index (κ3) is 6.52. The van der Waals surface area contributed by atoms with Gasteiger partial charge in [-0.1, -0.05) is 194 Å². The molecule has 0 atom stereocenters. The molecule has 0 saturated carbocycles. The van der Waals surface area contributed by atoms with E-state index in [0.29, 0.717) is 0 Å². The number of aromatic nitrogens is 4. The molecule has 0 bridgehead atoms. The molecule has 0 unspecified atom stereocenters. The van der Waals surface area contributed by atoms with Crippen LogP contribution in [0.15, 0.2) is 303 Å². The summed E-state index contributed by atoms with van der Waals surface area (Å²) >= 11 is 0. The van der Waals surface area contributed by atoms with Crippen LogP contribution in [0.25, 0.3) is 187 Å². The highest BCUT2D eigenvalue weighted by Crippen LogP contribution is 2.52. The van der Waals surface area contributed by atoms with Crippen LogP contribution in [0.1, 0.15) is 0 Å². The first-order valence-electron chi connectivity index (χ1n) is 30.5. The Hall–Kier alpha value is -11.7. The van der Waals surface area contributed by atoms with Gasteiger partial charge < -0.3 is 18.3 Å². The topological polar surface area (TPSA) is 19.7 Å². The molecule has 0 fully saturated rings. The average Bonchev–Trinajstić information content (AvgIpc) is 1.16. The normalized spacial score (nSPS) is 12.3. The van der Waals surface area contributed by atoms with Crippen molar-refractivity contribution in [2.45, 2.75) is 0 Å². The molecule has 88 heavy (non-hydrogen) atoms. The van der Waals surface area contributed by atoms with Crippen LogP contribution in [0.2, 0.25) is 0 Å². The first kappa shape index (κ1) is 47.6. The zero-order chi connectivity index (χ0) is 57.3. The molecule has 0 spiro atoms. The summed E-state index contributed by atoms with van der Waals surface area (Å²) in [6.45, 7) is 0. The molecule has 0 radical (unpaired) electrons. The van der Waals surface area contributed by atoms with Gasteiger partial charge in [-0.3, -0.25) is 0 Å². The van der Waals surface area contributed by atoms with Crippen LogP contribution in [-0.4, -0.2) is 18.3 Å². The molecule has 0 aliphatic heterocycles. The predicted molar refractivity (Wildman–Crippen MR) is 372 cm³/mol. The Kier molecular flexibility index (Phi) is 9.69. The van der Waals surface area contributed by atoms with E-state index in [9.17, 15) is 0 Å². The van der Waals surface area contributed by atoms with Gasteiger partial charge in [0.25, 0.3) is 0 Å². The van der Waals surface area contributed by atoms with Gasteiger partial charge in [0.1, 0.15) is 0 Å². The summed E-state index contributed by atoms with van der Waals surface area (Å²) < 4.78 is 9.85. The summed E-state index contributed by atoms with van der Waals surface area (Å²) in [5.74, 6) is 0. The van der Waals surface area contributed by atoms with E-state index < -0.39 is 0 Å². The first-order valence-corrected chi connectivity index (χ1v) is 30.5. The van der Waals surface area contributed by atoms with E-state index in [1.165, 1.54) is 153 Å². The molecule has 4 nitrogen and oxygen atoms in total. The smallest absolute Gasteiger partial charge is 0.0542 e. The van der Waals surface area contributed by atoms with Crippen molar-refractivity contribution < 1.29 is 0 Å². The lowest BCUT2D eigenvalue weighted by atomic mass is 9.79. The van der Waals surface area contributed by atoms with Crippen molar-refractivity contribution in [1.82, 2.24) is 18.3 Å². The van der Waals surface area contributed by atoms with E-state index in [2.05, 4.69) is 322 Å². The van der Waals surface area contributed by atoms with E-state index in [4.69, 9.17) is 0 Å². The summed E-state index contributed by atoms with van der Waals surface area (Å²) in [7, 11) is 0. The van der Waals surface area contributed by atoms with E-state index in [1.54, 1.807) is 0 Å². The van der Waals surface area contributed by atoms with Gasteiger partial charge in [0.2, 0.25) is 0 Å². The third-order valence-corrected chi connectivity index (χ3v) is 19.5. The van der Waals surface area contributed by atoms with Gasteiger partial charge in [0.05, 0.1) is 44.1 Å². The highest BCUT2D eigenvalue weighted by atomic mass is 15.0. The molecule has 0 saturated heterocycles. The maximum atomic E-state index is 2.53. The van der Waals surface area contributed by atoms with Crippen LogP contribution in [0, 0.1) is 0 Å². The highest BCUT2D eigenvalue weighted by molar-refractivity contribution is 6.27. The summed E-state index contributed by atoms with van der Waals surface area (Å²) in [4.78, 5) is 0. The molecule has 0 amide bonds. The maximum Gasteiger partial charge on any atom is 0.0542 e. The van der Waals surface area contributed by atoms with Crippen molar-refractivity contribution in [1.29, 1.82) is 0 Å². The average molecular weight is 1120 g/mol. The van der Waals surface area contributed by atoms with Crippen molar-refractivity contribution in [2.75, 3.05) is 0 Å². The van der Waals surface area contributed by atoms with Gasteiger partial charge in [-0.25, -0.2) is 0 Å². The standard InChI is InChI=1S/C84H50N4/c1-4-22-58-55(19-1)56-20-2-5-23-59(56)72-50-74-70-46-52(88-82-36-18-12-30-68(82)76-48-54(40-44-84(76)88)86-79-33-15-9-27-65(79)66-28-10-16-34-80(66)86)38-42-62(70)69-45-51(37-41-61(69)57-21-3-6-24-60(57)73(74)49-71(58)72)87-81-35-17-11-29-67(81)75-47-53(39-43-83(75)87)85-77-31-13-7-25-63(77)64-26-8-14-32-78(64)85/h1-50H. The Balaban J connectivity index is 0.851. The zero-order valence-corrected chi connectivity index (χ0v) is 47.7. The number of rotatable bonds is 4. The zero-order valence-electron chi connectivity index (χ0n) is 47.7. The van der Waals surface area contributed by atoms with Crippen LogP contribution in [-0.2, 0) is 0 Å². The van der Waals surface area contributed by atoms with Crippen LogP contribution in [0.3, 0.4) is 0 Å². The van der Waals surface area contributed by atoms with Crippen LogP contribution in [0.4, 0.5) is 0 Å². The molecule has 4 heteroatoms. The molecule has 4 aromatic heterocycles. The third-order valence-electron chi connectivity index (χ3n) is 19.5. The Morgan fingerprint density at radius 2 is 0.341 bits per heavy atom. The second-order valence-electron chi connectivity index (χ2n) is 23.9. The predicted octanol–water partition coefficient (Wildman–Crippen LogP) is 22.5. The van der Waals surface area contributed by atoms with Crippen molar-refractivity contribution >= 4 is 120 Å². The minimum atomic E-state index is 1.11. The van der Waals surface area contributed by atoms with E-state index in [0.717, 1.165) is 33.8 Å². The number of hydrogen-bond acceptors (Lipinski definition) is 0. The molecule has 4 heterocycles. The summed E-state index contributed by atoms with van der Waals surface area (Å²) in [6, 6.07) is 114. The molecule has 1 aliphatic rings. The number of hydrogen-bond donors (Lipinski definition) is 0. The summed E-state index contributed by atoms with van der Waals surface area (Å²) in [5.41, 5.74) is 23.6. The Morgan fingerprint density at radius 3 is 0.716 bits per heavy atom. The summed E-state index contributed by atoms with van der Waals surface area (Å²) in [6.07, 6.45) is 0. The molecular formula is C84H50N4. The maximum absolute atomic E-state index is 2.53. The SMILES string of the molecule is c1ccc2c(c1)-c1ccc(-n3c4ccccc4c4cc(-n5c6ccccc6c6ccccc65)ccc43)cc1-c1ccc(-n3c4ccccc4c4cc(-n5c6ccccc6c6ccccc65)ccc43)cc1-c1cc3c4ccccc4c4ccccc4c3cc1-2. The Morgan fingerprint density at radius 1 is 0.125 bits per heavy atom. The molecule has 19 aromatic rings. The lowest BCUT2D eigenvalue weighted by Gasteiger charge is -2.26. The first-order chi connectivity index (χ1) is 43.7. The summed E-state index contributed by atoms with van der Waals surface area (Å²) in [5, 5.41) is 17.4. The van der Waals surface area contributed by atoms with Gasteiger partial charge in [0, 0.05) is 65.8 Å². The van der Waals surface area contributed by atoms with Crippen molar-refractivity contribution in [2.24, 2.45) is 0 Å². The Labute approximate surface area is 505 Å². The Bertz CT molecular complexity index is 6150. The second kappa shape index (κ2) is 17.9. The van der Waals surface area contributed by atoms with Gasteiger partial charge in [-0.2, -0.15) is 0 Å². The molecule has 0 N–H and O–H groups in total. The van der Waals surface area contributed by atoms with Crippen molar-refractivity contribution in [3.05, 3.63) is 303 Å². The van der Waals surface area contributed by atoms with Crippen LogP contribution >= 0.6 is 0 Å². The molecule has 1 aliphatic carbocycles. The van der Waals surface area contributed by atoms with Gasteiger partial charge in [-0.15, -0.1) is 0 Å².